The maximum absolute atomic E-state index is 13.1. The molecule has 7 nitrogen and oxygen atoms in total. The summed E-state index contributed by atoms with van der Waals surface area (Å²) in [5.41, 5.74) is 5.91. The highest BCUT2D eigenvalue weighted by Crippen LogP contribution is 2.43. The summed E-state index contributed by atoms with van der Waals surface area (Å²) >= 11 is 6.11. The summed E-state index contributed by atoms with van der Waals surface area (Å²) in [5, 5.41) is 21.4. The van der Waals surface area contributed by atoms with Gasteiger partial charge in [-0.15, -0.1) is 10.2 Å². The Kier molecular flexibility index (Phi) is 5.82. The van der Waals surface area contributed by atoms with Crippen molar-refractivity contribution in [1.29, 1.82) is 0 Å². The summed E-state index contributed by atoms with van der Waals surface area (Å²) in [7, 11) is 0. The number of hydrogen-bond acceptors (Lipinski definition) is 7. The minimum atomic E-state index is -0.837. The minimum absolute atomic E-state index is 0.0772. The number of fused-ring (bicyclic) bond motifs is 4. The van der Waals surface area contributed by atoms with Crippen molar-refractivity contribution in [3.05, 3.63) is 119 Å². The van der Waals surface area contributed by atoms with Gasteiger partial charge in [0.05, 0.1) is 22.0 Å². The summed E-state index contributed by atoms with van der Waals surface area (Å²) in [6, 6.07) is 28.2. The third kappa shape index (κ3) is 3.95. The lowest BCUT2D eigenvalue weighted by atomic mass is 10.0. The van der Waals surface area contributed by atoms with Crippen molar-refractivity contribution in [3.8, 4) is 16.9 Å². The molecular weight excluding hydrogens is 502 g/mol. The molecule has 184 valence electrons. The van der Waals surface area contributed by atoms with Crippen LogP contribution >= 0.6 is 11.6 Å². The molecule has 8 heteroatoms. The van der Waals surface area contributed by atoms with Crippen molar-refractivity contribution in [1.82, 2.24) is 0 Å². The number of rotatable bonds is 5. The summed E-state index contributed by atoms with van der Waals surface area (Å²) in [5.74, 6) is -1.38. The number of halogens is 1. The fraction of sp³-hybridized carbons (Fsp3) is 0. The Morgan fingerprint density at radius 1 is 0.816 bits per heavy atom. The standard InChI is InChI=1S/C30H18ClN3O4/c31-23-13-5-6-14-24(23)34-38-30(37)22-16-17-8-1-2-9-18(17)27(29(22)36)33-32-25-15-7-12-20-19-10-3-4-11-21(19)28(35)26(20)25/h1-16,34,36H. The van der Waals surface area contributed by atoms with Crippen molar-refractivity contribution in [2.75, 3.05) is 5.48 Å². The van der Waals surface area contributed by atoms with Crippen LogP contribution in [0.5, 0.6) is 5.75 Å². The number of nitrogens with one attached hydrogen (secondary N) is 1. The van der Waals surface area contributed by atoms with Crippen molar-refractivity contribution < 1.29 is 19.5 Å². The van der Waals surface area contributed by atoms with E-state index < -0.39 is 11.7 Å². The number of carbonyl (C=O) groups is 2. The molecule has 1 aliphatic rings. The van der Waals surface area contributed by atoms with E-state index in [1.54, 1.807) is 66.7 Å². The highest BCUT2D eigenvalue weighted by molar-refractivity contribution is 6.33. The van der Waals surface area contributed by atoms with Gasteiger partial charge in [-0.05, 0) is 40.8 Å². The Morgan fingerprint density at radius 3 is 2.37 bits per heavy atom. The van der Waals surface area contributed by atoms with Crippen LogP contribution in [0.4, 0.5) is 17.1 Å². The highest BCUT2D eigenvalue weighted by atomic mass is 35.5. The number of ketones is 1. The lowest BCUT2D eigenvalue weighted by molar-refractivity contribution is 0.0593. The van der Waals surface area contributed by atoms with Gasteiger partial charge in [-0.1, -0.05) is 84.4 Å². The number of phenolic OH excluding ortho intramolecular Hbond substituents is 1. The molecule has 0 amide bonds. The largest absolute Gasteiger partial charge is 0.505 e. The molecule has 0 fully saturated rings. The molecule has 2 N–H and O–H groups in total. The molecular formula is C30H18ClN3O4. The summed E-state index contributed by atoms with van der Waals surface area (Å²) in [6.07, 6.45) is 0. The van der Waals surface area contributed by atoms with Gasteiger partial charge in [0.1, 0.15) is 11.3 Å². The van der Waals surface area contributed by atoms with Gasteiger partial charge in [0.2, 0.25) is 0 Å². The molecule has 0 aromatic heterocycles. The zero-order valence-electron chi connectivity index (χ0n) is 19.7. The number of anilines is 1. The molecule has 0 bridgehead atoms. The third-order valence-corrected chi connectivity index (χ3v) is 6.66. The molecule has 0 saturated carbocycles. The molecule has 0 aliphatic heterocycles. The fourth-order valence-electron chi connectivity index (χ4n) is 4.52. The van der Waals surface area contributed by atoms with Gasteiger partial charge in [0, 0.05) is 10.9 Å². The van der Waals surface area contributed by atoms with Crippen LogP contribution in [0.25, 0.3) is 21.9 Å². The normalized spacial score (nSPS) is 12.0. The first-order chi connectivity index (χ1) is 18.5. The average Bonchev–Trinajstić information content (AvgIpc) is 3.24. The predicted molar refractivity (Wildman–Crippen MR) is 146 cm³/mol. The van der Waals surface area contributed by atoms with Crippen LogP contribution in [0.1, 0.15) is 26.3 Å². The second kappa shape index (κ2) is 9.46. The van der Waals surface area contributed by atoms with E-state index in [0.29, 0.717) is 38.3 Å². The fourth-order valence-corrected chi connectivity index (χ4v) is 4.69. The monoisotopic (exact) mass is 519 g/mol. The first kappa shape index (κ1) is 23.4. The van der Waals surface area contributed by atoms with Crippen LogP contribution in [-0.4, -0.2) is 16.9 Å². The summed E-state index contributed by atoms with van der Waals surface area (Å²) in [4.78, 5) is 31.3. The molecule has 0 heterocycles. The predicted octanol–water partition coefficient (Wildman–Crippen LogP) is 8.01. The molecule has 0 unspecified atom stereocenters. The Balaban J connectivity index is 1.39. The van der Waals surface area contributed by atoms with E-state index >= 15 is 0 Å². The van der Waals surface area contributed by atoms with E-state index in [1.807, 2.05) is 24.3 Å². The molecule has 0 radical (unpaired) electrons. The van der Waals surface area contributed by atoms with Crippen LogP contribution in [0.3, 0.4) is 0 Å². The zero-order chi connectivity index (χ0) is 26.2. The van der Waals surface area contributed by atoms with Gasteiger partial charge in [-0.2, -0.15) is 0 Å². The number of carbonyl (C=O) groups excluding carboxylic acids is 2. The number of phenols is 1. The number of nitrogens with zero attached hydrogens (tertiary/aromatic N) is 2. The number of para-hydroxylation sites is 1. The van der Waals surface area contributed by atoms with E-state index in [9.17, 15) is 14.7 Å². The van der Waals surface area contributed by atoms with Crippen LogP contribution in [-0.2, 0) is 4.84 Å². The van der Waals surface area contributed by atoms with Gasteiger partial charge in [0.25, 0.3) is 0 Å². The van der Waals surface area contributed by atoms with Gasteiger partial charge < -0.3 is 9.94 Å². The molecule has 1 aliphatic carbocycles. The third-order valence-electron chi connectivity index (χ3n) is 6.33. The van der Waals surface area contributed by atoms with Crippen molar-refractivity contribution in [3.63, 3.8) is 0 Å². The highest BCUT2D eigenvalue weighted by Gasteiger charge is 2.29. The van der Waals surface area contributed by atoms with Gasteiger partial charge in [-0.25, -0.2) is 10.3 Å². The average molecular weight is 520 g/mol. The molecule has 5 aromatic rings. The van der Waals surface area contributed by atoms with Gasteiger partial charge in [-0.3, -0.25) is 4.79 Å². The maximum atomic E-state index is 13.1. The summed E-state index contributed by atoms with van der Waals surface area (Å²) in [6.45, 7) is 0. The lowest BCUT2D eigenvalue weighted by Crippen LogP contribution is -2.11. The second-order valence-corrected chi connectivity index (χ2v) is 9.00. The summed E-state index contributed by atoms with van der Waals surface area (Å²) < 4.78 is 0. The molecule has 6 rings (SSSR count). The van der Waals surface area contributed by atoms with E-state index in [2.05, 4.69) is 15.7 Å². The Bertz CT molecular complexity index is 1800. The van der Waals surface area contributed by atoms with Crippen LogP contribution in [0, 0.1) is 0 Å². The second-order valence-electron chi connectivity index (χ2n) is 8.59. The maximum Gasteiger partial charge on any atom is 0.366 e. The quantitative estimate of drug-likeness (QED) is 0.177. The molecule has 38 heavy (non-hydrogen) atoms. The Hall–Kier alpha value is -5.01. The first-order valence-corrected chi connectivity index (χ1v) is 12.1. The van der Waals surface area contributed by atoms with Crippen LogP contribution in [0.15, 0.2) is 107 Å². The molecule has 5 aromatic carbocycles. The van der Waals surface area contributed by atoms with Gasteiger partial charge >= 0.3 is 5.97 Å². The molecule has 0 atom stereocenters. The van der Waals surface area contributed by atoms with Gasteiger partial charge in [0.15, 0.2) is 11.5 Å². The minimum Gasteiger partial charge on any atom is -0.505 e. The van der Waals surface area contributed by atoms with E-state index in [1.165, 1.54) is 6.07 Å². The van der Waals surface area contributed by atoms with Crippen LogP contribution < -0.4 is 5.48 Å². The molecule has 0 saturated heterocycles. The number of azo groups is 1. The van der Waals surface area contributed by atoms with E-state index in [-0.39, 0.29) is 17.0 Å². The van der Waals surface area contributed by atoms with Crippen molar-refractivity contribution in [2.24, 2.45) is 10.2 Å². The SMILES string of the molecule is O=C(ONc1ccccc1Cl)c1cc2ccccc2c(N=Nc2cccc3c2C(=O)c2ccccc2-3)c1O. The van der Waals surface area contributed by atoms with Crippen molar-refractivity contribution in [2.45, 2.75) is 0 Å². The topological polar surface area (TPSA) is 100 Å². The lowest BCUT2D eigenvalue weighted by Gasteiger charge is -2.12. The number of hydrogen-bond donors (Lipinski definition) is 2. The smallest absolute Gasteiger partial charge is 0.366 e. The Morgan fingerprint density at radius 2 is 1.53 bits per heavy atom. The first-order valence-electron chi connectivity index (χ1n) is 11.7. The number of aromatic hydroxyl groups is 1. The van der Waals surface area contributed by atoms with E-state index in [0.717, 1.165) is 11.1 Å². The van der Waals surface area contributed by atoms with E-state index in [4.69, 9.17) is 16.4 Å². The van der Waals surface area contributed by atoms with Crippen molar-refractivity contribution >= 4 is 51.2 Å². The zero-order valence-corrected chi connectivity index (χ0v) is 20.4. The molecule has 0 spiro atoms. The number of benzene rings is 5. The van der Waals surface area contributed by atoms with Crippen LogP contribution in [0.2, 0.25) is 5.02 Å². The Labute approximate surface area is 221 Å².